The van der Waals surface area contributed by atoms with Crippen LogP contribution in [0.5, 0.6) is 5.75 Å². The Hall–Kier alpha value is -2.75. The number of urea groups is 1. The maximum Gasteiger partial charge on any atom is 0.325 e. The molecule has 1 aliphatic rings. The molecular formula is C18H21ClN6O3. The number of carbonyl (C=O) groups is 1. The van der Waals surface area contributed by atoms with Gasteiger partial charge in [-0.25, -0.2) is 9.78 Å². The van der Waals surface area contributed by atoms with Crippen LogP contribution in [0.2, 0.25) is 5.02 Å². The van der Waals surface area contributed by atoms with Crippen LogP contribution in [0, 0.1) is 0 Å². The molecule has 0 bridgehead atoms. The number of aliphatic imine (C=N–C) groups is 1. The van der Waals surface area contributed by atoms with Gasteiger partial charge < -0.3 is 20.1 Å². The molecule has 0 aliphatic carbocycles. The predicted octanol–water partition coefficient (Wildman–Crippen LogP) is 2.34. The Labute approximate surface area is 167 Å². The van der Waals surface area contributed by atoms with Gasteiger partial charge in [0.1, 0.15) is 18.5 Å². The van der Waals surface area contributed by atoms with E-state index in [1.807, 2.05) is 0 Å². The minimum Gasteiger partial charge on any atom is -0.489 e. The highest BCUT2D eigenvalue weighted by molar-refractivity contribution is 6.31. The van der Waals surface area contributed by atoms with Gasteiger partial charge in [-0.3, -0.25) is 15.3 Å². The quantitative estimate of drug-likeness (QED) is 0.611. The summed E-state index contributed by atoms with van der Waals surface area (Å²) in [4.78, 5) is 24.3. The van der Waals surface area contributed by atoms with Crippen LogP contribution in [0.4, 0.5) is 16.3 Å². The fourth-order valence-electron chi connectivity index (χ4n) is 2.52. The number of morpholine rings is 1. The number of hydrogen-bond acceptors (Lipinski definition) is 7. The van der Waals surface area contributed by atoms with Crippen LogP contribution in [-0.4, -0.2) is 55.1 Å². The van der Waals surface area contributed by atoms with Gasteiger partial charge in [0, 0.05) is 18.1 Å². The van der Waals surface area contributed by atoms with Crippen LogP contribution < -0.4 is 20.7 Å². The highest BCUT2D eigenvalue weighted by Crippen LogP contribution is 2.28. The summed E-state index contributed by atoms with van der Waals surface area (Å²) in [5.41, 5.74) is 1.10. The first-order valence-corrected chi connectivity index (χ1v) is 9.08. The van der Waals surface area contributed by atoms with Crippen molar-refractivity contribution in [3.05, 3.63) is 41.3 Å². The maximum atomic E-state index is 12.3. The first-order valence-electron chi connectivity index (χ1n) is 8.70. The van der Waals surface area contributed by atoms with Gasteiger partial charge in [-0.1, -0.05) is 11.6 Å². The summed E-state index contributed by atoms with van der Waals surface area (Å²) in [6, 6.07) is 4.51. The molecule has 9 nitrogen and oxygen atoms in total. The number of halogens is 1. The van der Waals surface area contributed by atoms with Crippen molar-refractivity contribution < 1.29 is 14.3 Å². The Balaban J connectivity index is 1.60. The van der Waals surface area contributed by atoms with E-state index in [4.69, 9.17) is 21.1 Å². The van der Waals surface area contributed by atoms with E-state index in [9.17, 15) is 4.79 Å². The minimum atomic E-state index is -0.494. The first-order chi connectivity index (χ1) is 13.6. The number of nitrogens with zero attached hydrogens (tertiary/aromatic N) is 3. The Morgan fingerprint density at radius 3 is 3.00 bits per heavy atom. The standard InChI is InChI=1S/C18H21ClN6O3/c1-20-7-13-8-23-17(10-22-13)25-18(26)24-15-6-12(19)2-3-16(15)28-11-14-9-21-4-5-27-14/h2-3,6,8,10,14,21H,1,4-5,7,9,11H2,(H2,23,24,25,26)/t14-/m0/s1. The molecule has 1 saturated heterocycles. The van der Waals surface area contributed by atoms with Crippen molar-refractivity contribution in [1.29, 1.82) is 0 Å². The van der Waals surface area contributed by atoms with Crippen molar-refractivity contribution in [2.24, 2.45) is 4.99 Å². The average Bonchev–Trinajstić information content (AvgIpc) is 2.70. The molecule has 1 aliphatic heterocycles. The Morgan fingerprint density at radius 2 is 2.29 bits per heavy atom. The number of anilines is 2. The van der Waals surface area contributed by atoms with E-state index in [0.29, 0.717) is 54.3 Å². The molecule has 2 heterocycles. The summed E-state index contributed by atoms with van der Waals surface area (Å²) in [7, 11) is 0. The third-order valence-electron chi connectivity index (χ3n) is 3.84. The second-order valence-electron chi connectivity index (χ2n) is 6.00. The molecule has 1 fully saturated rings. The second kappa shape index (κ2) is 9.98. The van der Waals surface area contributed by atoms with Gasteiger partial charge in [-0.2, -0.15) is 0 Å². The smallest absolute Gasteiger partial charge is 0.325 e. The molecule has 28 heavy (non-hydrogen) atoms. The predicted molar refractivity (Wildman–Crippen MR) is 107 cm³/mol. The number of amides is 2. The number of nitrogens with one attached hydrogen (secondary N) is 3. The third-order valence-corrected chi connectivity index (χ3v) is 4.07. The minimum absolute atomic E-state index is 0.0510. The molecule has 0 saturated carbocycles. The van der Waals surface area contributed by atoms with E-state index >= 15 is 0 Å². The number of ether oxygens (including phenoxy) is 2. The number of carbonyl (C=O) groups excluding carboxylic acids is 1. The molecule has 10 heteroatoms. The van der Waals surface area contributed by atoms with E-state index in [-0.39, 0.29) is 6.10 Å². The third kappa shape index (κ3) is 5.88. The fraction of sp³-hybridized carbons (Fsp3) is 0.333. The average molecular weight is 405 g/mol. The molecule has 3 rings (SSSR count). The molecule has 2 aromatic rings. The molecule has 0 unspecified atom stereocenters. The summed E-state index contributed by atoms with van der Waals surface area (Å²) < 4.78 is 11.4. The summed E-state index contributed by atoms with van der Waals surface area (Å²) in [6.07, 6.45) is 2.92. The normalized spacial score (nSPS) is 16.2. The number of rotatable bonds is 7. The molecule has 3 N–H and O–H groups in total. The van der Waals surface area contributed by atoms with Gasteiger partial charge >= 0.3 is 6.03 Å². The largest absolute Gasteiger partial charge is 0.489 e. The maximum absolute atomic E-state index is 12.3. The van der Waals surface area contributed by atoms with Crippen LogP contribution in [0.15, 0.2) is 35.6 Å². The van der Waals surface area contributed by atoms with Crippen LogP contribution >= 0.6 is 11.6 Å². The van der Waals surface area contributed by atoms with Crippen LogP contribution in [0.25, 0.3) is 0 Å². The molecule has 148 valence electrons. The summed E-state index contributed by atoms with van der Waals surface area (Å²) in [5.74, 6) is 0.795. The van der Waals surface area contributed by atoms with Gasteiger partial charge in [0.15, 0.2) is 5.82 Å². The van der Waals surface area contributed by atoms with E-state index in [2.05, 4.69) is 37.6 Å². The van der Waals surface area contributed by atoms with Crippen LogP contribution in [0.1, 0.15) is 5.69 Å². The Morgan fingerprint density at radius 1 is 1.39 bits per heavy atom. The Bertz CT molecular complexity index is 811. The lowest BCUT2D eigenvalue weighted by Crippen LogP contribution is -2.41. The molecule has 1 atom stereocenters. The first kappa shape index (κ1) is 20.0. The number of hydrogen-bond donors (Lipinski definition) is 3. The molecule has 1 aromatic carbocycles. The lowest BCUT2D eigenvalue weighted by molar-refractivity contribution is 0.000352. The van der Waals surface area contributed by atoms with Gasteiger partial charge in [-0.05, 0) is 24.9 Å². The molecular weight excluding hydrogens is 384 g/mol. The molecule has 1 aromatic heterocycles. The van der Waals surface area contributed by atoms with Gasteiger partial charge in [0.25, 0.3) is 0 Å². The zero-order chi connectivity index (χ0) is 19.8. The van der Waals surface area contributed by atoms with E-state index in [1.165, 1.54) is 12.4 Å². The van der Waals surface area contributed by atoms with Crippen LogP contribution in [0.3, 0.4) is 0 Å². The lowest BCUT2D eigenvalue weighted by Gasteiger charge is -2.24. The zero-order valence-corrected chi connectivity index (χ0v) is 15.9. The SMILES string of the molecule is C=NCc1cnc(NC(=O)Nc2cc(Cl)ccc2OC[C@@H]2CNCCO2)cn1. The second-order valence-corrected chi connectivity index (χ2v) is 6.44. The molecule has 0 radical (unpaired) electrons. The summed E-state index contributed by atoms with van der Waals surface area (Å²) in [6.45, 7) is 6.31. The van der Waals surface area contributed by atoms with Crippen molar-refractivity contribution in [2.75, 3.05) is 36.9 Å². The van der Waals surface area contributed by atoms with E-state index < -0.39 is 6.03 Å². The van der Waals surface area contributed by atoms with Crippen LogP contribution in [-0.2, 0) is 11.3 Å². The summed E-state index contributed by atoms with van der Waals surface area (Å²) in [5, 5.41) is 9.03. The highest BCUT2D eigenvalue weighted by atomic mass is 35.5. The molecule has 2 amide bonds. The van der Waals surface area contributed by atoms with Crippen molar-refractivity contribution in [1.82, 2.24) is 15.3 Å². The van der Waals surface area contributed by atoms with Gasteiger partial charge in [0.2, 0.25) is 0 Å². The monoisotopic (exact) mass is 404 g/mol. The lowest BCUT2D eigenvalue weighted by atomic mass is 10.3. The van der Waals surface area contributed by atoms with Gasteiger partial charge in [0.05, 0.1) is 36.9 Å². The summed E-state index contributed by atoms with van der Waals surface area (Å²) >= 11 is 6.06. The van der Waals surface area contributed by atoms with Crippen molar-refractivity contribution in [3.63, 3.8) is 0 Å². The van der Waals surface area contributed by atoms with Crippen molar-refractivity contribution >= 4 is 35.9 Å². The topological polar surface area (TPSA) is 110 Å². The van der Waals surface area contributed by atoms with Gasteiger partial charge in [-0.15, -0.1) is 0 Å². The molecule has 0 spiro atoms. The van der Waals surface area contributed by atoms with Crippen molar-refractivity contribution in [2.45, 2.75) is 12.6 Å². The highest BCUT2D eigenvalue weighted by Gasteiger charge is 2.16. The fourth-order valence-corrected chi connectivity index (χ4v) is 2.69. The number of benzene rings is 1. The van der Waals surface area contributed by atoms with E-state index in [1.54, 1.807) is 18.2 Å². The number of aromatic nitrogens is 2. The van der Waals surface area contributed by atoms with Crippen molar-refractivity contribution in [3.8, 4) is 5.75 Å². The Kier molecular flexibility index (Phi) is 7.12. The zero-order valence-electron chi connectivity index (χ0n) is 15.2. The van der Waals surface area contributed by atoms with E-state index in [0.717, 1.165) is 6.54 Å².